The third-order valence-electron chi connectivity index (χ3n) is 3.22. The Morgan fingerprint density at radius 2 is 2.18 bits per heavy atom. The molecule has 1 saturated heterocycles. The van der Waals surface area contributed by atoms with Crippen LogP contribution in [0.3, 0.4) is 0 Å². The lowest BCUT2D eigenvalue weighted by Crippen LogP contribution is -2.45. The van der Waals surface area contributed by atoms with E-state index < -0.39 is 12.1 Å². The summed E-state index contributed by atoms with van der Waals surface area (Å²) < 4.78 is 5.33. The highest BCUT2D eigenvalue weighted by molar-refractivity contribution is 6.34. The molecular formula is C15H15Cl2NO4. The third kappa shape index (κ3) is 4.73. The van der Waals surface area contributed by atoms with E-state index in [0.717, 1.165) is 0 Å². The predicted molar refractivity (Wildman–Crippen MR) is 84.1 cm³/mol. The van der Waals surface area contributed by atoms with Crippen LogP contribution in [0.5, 0.6) is 0 Å². The fourth-order valence-corrected chi connectivity index (χ4v) is 2.51. The molecule has 1 aromatic rings. The van der Waals surface area contributed by atoms with Gasteiger partial charge in [-0.25, -0.2) is 0 Å². The number of nitrogens with zero attached hydrogens (tertiary/aromatic N) is 1. The average Bonchev–Trinajstić information content (AvgIpc) is 2.47. The second-order valence-corrected chi connectivity index (χ2v) is 5.72. The highest BCUT2D eigenvalue weighted by atomic mass is 35.5. The topological polar surface area (TPSA) is 66.8 Å². The molecule has 0 spiro atoms. The Labute approximate surface area is 138 Å². The van der Waals surface area contributed by atoms with E-state index in [0.29, 0.717) is 28.8 Å². The minimum absolute atomic E-state index is 0.117. The summed E-state index contributed by atoms with van der Waals surface area (Å²) in [5, 5.41) is 9.81. The molecule has 1 aromatic carbocycles. The molecule has 1 aliphatic heterocycles. The molecule has 1 atom stereocenters. The van der Waals surface area contributed by atoms with Crippen molar-refractivity contribution in [3.8, 4) is 0 Å². The molecule has 1 aliphatic rings. The fourth-order valence-electron chi connectivity index (χ4n) is 2.15. The number of aliphatic carboxylic acids is 1. The normalized spacial score (nSPS) is 18.6. The van der Waals surface area contributed by atoms with E-state index in [2.05, 4.69) is 0 Å². The predicted octanol–water partition coefficient (Wildman–Crippen LogP) is 2.71. The summed E-state index contributed by atoms with van der Waals surface area (Å²) in [6, 6.07) is 4.99. The zero-order chi connectivity index (χ0) is 16.1. The molecular weight excluding hydrogens is 329 g/mol. The van der Waals surface area contributed by atoms with Crippen LogP contribution < -0.4 is 0 Å². The Hall–Kier alpha value is -1.56. The molecule has 2 rings (SSSR count). The Morgan fingerprint density at radius 1 is 1.41 bits per heavy atom. The molecule has 0 aliphatic carbocycles. The van der Waals surface area contributed by atoms with E-state index in [-0.39, 0.29) is 18.9 Å². The summed E-state index contributed by atoms with van der Waals surface area (Å²) >= 11 is 11.9. The first-order chi connectivity index (χ1) is 10.5. The second kappa shape index (κ2) is 7.63. The molecule has 118 valence electrons. The van der Waals surface area contributed by atoms with Gasteiger partial charge in [-0.2, -0.15) is 0 Å². The van der Waals surface area contributed by atoms with Gasteiger partial charge in [-0.1, -0.05) is 23.2 Å². The van der Waals surface area contributed by atoms with Crippen molar-refractivity contribution >= 4 is 41.2 Å². The molecule has 0 bridgehead atoms. The number of hydrogen-bond acceptors (Lipinski definition) is 3. The maximum absolute atomic E-state index is 12.2. The van der Waals surface area contributed by atoms with Gasteiger partial charge < -0.3 is 14.7 Å². The number of halogens is 2. The third-order valence-corrected chi connectivity index (χ3v) is 3.80. The number of benzene rings is 1. The van der Waals surface area contributed by atoms with Crippen molar-refractivity contribution in [2.45, 2.75) is 12.5 Å². The lowest BCUT2D eigenvalue weighted by molar-refractivity contribution is -0.145. The number of hydrogen-bond donors (Lipinski definition) is 1. The number of ether oxygens (including phenoxy) is 1. The van der Waals surface area contributed by atoms with E-state index >= 15 is 0 Å². The molecule has 7 heteroatoms. The fraction of sp³-hybridized carbons (Fsp3) is 0.333. The van der Waals surface area contributed by atoms with Gasteiger partial charge in [-0.15, -0.1) is 0 Å². The summed E-state index contributed by atoms with van der Waals surface area (Å²) in [7, 11) is 0. The average molecular weight is 344 g/mol. The Bertz CT molecular complexity index is 603. The molecule has 1 unspecified atom stereocenters. The minimum atomic E-state index is -0.944. The summed E-state index contributed by atoms with van der Waals surface area (Å²) in [5.41, 5.74) is 0.651. The largest absolute Gasteiger partial charge is 0.481 e. The quantitative estimate of drug-likeness (QED) is 0.853. The van der Waals surface area contributed by atoms with E-state index in [9.17, 15) is 9.59 Å². The summed E-state index contributed by atoms with van der Waals surface area (Å²) in [5.74, 6) is -1.16. The van der Waals surface area contributed by atoms with Crippen LogP contribution in [0.4, 0.5) is 0 Å². The standard InChI is InChI=1S/C15H15Cl2NO4/c16-11-2-3-13(17)10(7-11)1-4-14(19)18-5-6-22-12(9-18)8-15(20)21/h1-4,7,12H,5-6,8-9H2,(H,20,21). The van der Waals surface area contributed by atoms with Gasteiger partial charge in [0.2, 0.25) is 5.91 Å². The second-order valence-electron chi connectivity index (χ2n) is 4.87. The van der Waals surface area contributed by atoms with Crippen molar-refractivity contribution in [1.29, 1.82) is 0 Å². The van der Waals surface area contributed by atoms with Crippen LogP contribution in [0, 0.1) is 0 Å². The van der Waals surface area contributed by atoms with Gasteiger partial charge in [0.1, 0.15) is 0 Å². The number of carbonyl (C=O) groups is 2. The number of rotatable bonds is 4. The van der Waals surface area contributed by atoms with Crippen LogP contribution in [0.25, 0.3) is 6.08 Å². The van der Waals surface area contributed by atoms with Gasteiger partial charge in [0.15, 0.2) is 0 Å². The van der Waals surface area contributed by atoms with Crippen LogP contribution in [-0.2, 0) is 14.3 Å². The Morgan fingerprint density at radius 3 is 2.91 bits per heavy atom. The zero-order valence-electron chi connectivity index (χ0n) is 11.7. The molecule has 1 fully saturated rings. The van der Waals surface area contributed by atoms with Crippen LogP contribution >= 0.6 is 23.2 Å². The molecule has 0 aromatic heterocycles. The molecule has 5 nitrogen and oxygen atoms in total. The summed E-state index contributed by atoms with van der Waals surface area (Å²) in [4.78, 5) is 24.4. The van der Waals surface area contributed by atoms with Gasteiger partial charge >= 0.3 is 5.97 Å². The van der Waals surface area contributed by atoms with Crippen molar-refractivity contribution in [1.82, 2.24) is 4.90 Å². The van der Waals surface area contributed by atoms with E-state index in [1.165, 1.54) is 6.08 Å². The Kier molecular flexibility index (Phi) is 5.83. The maximum Gasteiger partial charge on any atom is 0.306 e. The van der Waals surface area contributed by atoms with E-state index in [4.69, 9.17) is 33.0 Å². The van der Waals surface area contributed by atoms with Crippen molar-refractivity contribution in [3.05, 3.63) is 39.9 Å². The minimum Gasteiger partial charge on any atom is -0.481 e. The number of carboxylic acid groups (broad SMARTS) is 1. The van der Waals surface area contributed by atoms with Crippen LogP contribution in [0.2, 0.25) is 10.0 Å². The lowest BCUT2D eigenvalue weighted by Gasteiger charge is -2.31. The highest BCUT2D eigenvalue weighted by Gasteiger charge is 2.24. The van der Waals surface area contributed by atoms with Gasteiger partial charge in [-0.05, 0) is 29.8 Å². The Balaban J connectivity index is 2.00. The van der Waals surface area contributed by atoms with Crippen molar-refractivity contribution in [2.24, 2.45) is 0 Å². The van der Waals surface area contributed by atoms with Crippen LogP contribution in [0.1, 0.15) is 12.0 Å². The lowest BCUT2D eigenvalue weighted by atomic mass is 10.2. The first-order valence-corrected chi connectivity index (χ1v) is 7.46. The molecule has 1 heterocycles. The van der Waals surface area contributed by atoms with Gasteiger partial charge in [-0.3, -0.25) is 9.59 Å². The first kappa shape index (κ1) is 16.8. The number of carbonyl (C=O) groups excluding carboxylic acids is 1. The number of morpholine rings is 1. The van der Waals surface area contributed by atoms with Crippen LogP contribution in [-0.4, -0.2) is 47.7 Å². The summed E-state index contributed by atoms with van der Waals surface area (Å²) in [6.07, 6.45) is 2.41. The monoisotopic (exact) mass is 343 g/mol. The smallest absolute Gasteiger partial charge is 0.306 e. The van der Waals surface area contributed by atoms with Gasteiger partial charge in [0, 0.05) is 29.2 Å². The molecule has 1 amide bonds. The highest BCUT2D eigenvalue weighted by Crippen LogP contribution is 2.22. The van der Waals surface area contributed by atoms with Crippen molar-refractivity contribution in [3.63, 3.8) is 0 Å². The van der Waals surface area contributed by atoms with Gasteiger partial charge in [0.25, 0.3) is 0 Å². The van der Waals surface area contributed by atoms with Crippen molar-refractivity contribution < 1.29 is 19.4 Å². The number of carboxylic acids is 1. The first-order valence-electron chi connectivity index (χ1n) is 6.71. The number of amides is 1. The summed E-state index contributed by atoms with van der Waals surface area (Å²) in [6.45, 7) is 1.02. The van der Waals surface area contributed by atoms with Gasteiger partial charge in [0.05, 0.1) is 19.1 Å². The van der Waals surface area contributed by atoms with E-state index in [1.54, 1.807) is 29.2 Å². The SMILES string of the molecule is O=C(O)CC1CN(C(=O)C=Cc2cc(Cl)ccc2Cl)CCO1. The van der Waals surface area contributed by atoms with Crippen LogP contribution in [0.15, 0.2) is 24.3 Å². The van der Waals surface area contributed by atoms with E-state index in [1.807, 2.05) is 0 Å². The molecule has 22 heavy (non-hydrogen) atoms. The maximum atomic E-state index is 12.2. The molecule has 0 radical (unpaired) electrons. The zero-order valence-corrected chi connectivity index (χ0v) is 13.2. The van der Waals surface area contributed by atoms with Crippen molar-refractivity contribution in [2.75, 3.05) is 19.7 Å². The molecule has 1 N–H and O–H groups in total. The molecule has 0 saturated carbocycles.